The van der Waals surface area contributed by atoms with Crippen LogP contribution in [0.1, 0.15) is 38.2 Å². The van der Waals surface area contributed by atoms with Gasteiger partial charge in [-0.1, -0.05) is 17.7 Å². The Labute approximate surface area is 205 Å². The van der Waals surface area contributed by atoms with Crippen molar-refractivity contribution in [2.75, 3.05) is 13.2 Å². The number of fused-ring (bicyclic) bond motifs is 3. The Morgan fingerprint density at radius 3 is 2.59 bits per heavy atom. The molecule has 1 N–H and O–H groups in total. The first-order valence-corrected chi connectivity index (χ1v) is 12.3. The third-order valence-electron chi connectivity index (χ3n) is 7.36. The zero-order valence-corrected chi connectivity index (χ0v) is 20.4. The molecule has 8 heteroatoms. The summed E-state index contributed by atoms with van der Waals surface area (Å²) in [7, 11) is 0. The highest BCUT2D eigenvalue weighted by Gasteiger charge is 2.55. The van der Waals surface area contributed by atoms with Crippen LogP contribution >= 0.6 is 15.9 Å². The summed E-state index contributed by atoms with van der Waals surface area (Å²) in [5, 5.41) is 10.2. The number of likely N-dealkylation sites (tertiary alicyclic amines) is 1. The van der Waals surface area contributed by atoms with E-state index in [1.165, 1.54) is 17.0 Å². The summed E-state index contributed by atoms with van der Waals surface area (Å²) in [6, 6.07) is 4.92. The molecule has 0 aromatic heterocycles. The molecule has 0 radical (unpaired) electrons. The van der Waals surface area contributed by atoms with E-state index in [2.05, 4.69) is 15.9 Å². The fourth-order valence-electron chi connectivity index (χ4n) is 5.94. The van der Waals surface area contributed by atoms with Crippen LogP contribution in [0.15, 0.2) is 51.6 Å². The van der Waals surface area contributed by atoms with Crippen LogP contribution in [0.3, 0.4) is 0 Å². The van der Waals surface area contributed by atoms with Gasteiger partial charge in [-0.2, -0.15) is 0 Å². The van der Waals surface area contributed by atoms with Gasteiger partial charge in [-0.05, 0) is 66.2 Å². The van der Waals surface area contributed by atoms with Crippen molar-refractivity contribution in [3.05, 3.63) is 57.1 Å². The Bertz CT molecular complexity index is 1240. The summed E-state index contributed by atoms with van der Waals surface area (Å²) in [5.74, 6) is -2.58. The summed E-state index contributed by atoms with van der Waals surface area (Å²) < 4.78 is 5.77. The molecule has 0 saturated carbocycles. The van der Waals surface area contributed by atoms with E-state index in [9.17, 15) is 24.3 Å². The van der Waals surface area contributed by atoms with E-state index in [0.29, 0.717) is 36.3 Å². The minimum absolute atomic E-state index is 0.0197. The van der Waals surface area contributed by atoms with Crippen molar-refractivity contribution >= 4 is 39.3 Å². The summed E-state index contributed by atoms with van der Waals surface area (Å²) in [6.45, 7) is 4.25. The largest absolute Gasteiger partial charge is 0.504 e. The number of amides is 2. The van der Waals surface area contributed by atoms with E-state index in [-0.39, 0.29) is 51.7 Å². The number of allylic oxidation sites excluding steroid dienone is 6. The molecule has 1 fully saturated rings. The van der Waals surface area contributed by atoms with Crippen LogP contribution in [0.4, 0.5) is 0 Å². The summed E-state index contributed by atoms with van der Waals surface area (Å²) in [4.78, 5) is 53.8. The fraction of sp³-hybridized carbons (Fsp3) is 0.385. The molecule has 7 nitrogen and oxygen atoms in total. The molecular formula is C26H24BrNO6. The normalized spacial score (nSPS) is 28.4. The highest BCUT2D eigenvalue weighted by Crippen LogP contribution is 2.55. The number of aromatic hydroxyl groups is 1. The number of ketones is 2. The van der Waals surface area contributed by atoms with Crippen LogP contribution in [0, 0.1) is 17.8 Å². The van der Waals surface area contributed by atoms with Gasteiger partial charge in [0.25, 0.3) is 0 Å². The molecule has 1 heterocycles. The Morgan fingerprint density at radius 2 is 1.88 bits per heavy atom. The molecule has 3 aliphatic carbocycles. The number of halogens is 1. The molecular weight excluding hydrogens is 502 g/mol. The van der Waals surface area contributed by atoms with E-state index in [1.54, 1.807) is 26.0 Å². The number of hydrogen-bond acceptors (Lipinski definition) is 6. The van der Waals surface area contributed by atoms with Crippen LogP contribution in [-0.2, 0) is 19.2 Å². The number of rotatable bonds is 4. The second-order valence-corrected chi connectivity index (χ2v) is 9.83. The molecule has 1 aliphatic heterocycles. The fourth-order valence-corrected chi connectivity index (χ4v) is 6.39. The first-order chi connectivity index (χ1) is 16.3. The number of imide groups is 1. The number of carbonyl (C=O) groups excluding carboxylic acids is 4. The molecule has 5 rings (SSSR count). The van der Waals surface area contributed by atoms with E-state index in [0.717, 1.165) is 5.57 Å². The number of hydrogen-bond donors (Lipinski definition) is 1. The number of benzene rings is 1. The van der Waals surface area contributed by atoms with Crippen LogP contribution < -0.4 is 4.74 Å². The van der Waals surface area contributed by atoms with Gasteiger partial charge in [0.15, 0.2) is 23.1 Å². The van der Waals surface area contributed by atoms with Crippen LogP contribution in [0.25, 0.3) is 0 Å². The first kappa shape index (κ1) is 22.8. The molecule has 4 atom stereocenters. The van der Waals surface area contributed by atoms with Gasteiger partial charge in [0.2, 0.25) is 11.8 Å². The van der Waals surface area contributed by atoms with Crippen molar-refractivity contribution in [3.63, 3.8) is 0 Å². The van der Waals surface area contributed by atoms with E-state index < -0.39 is 17.8 Å². The summed E-state index contributed by atoms with van der Waals surface area (Å²) in [5.41, 5.74) is 2.35. The van der Waals surface area contributed by atoms with Gasteiger partial charge in [0.1, 0.15) is 0 Å². The predicted molar refractivity (Wildman–Crippen MR) is 126 cm³/mol. The minimum atomic E-state index is -0.568. The second kappa shape index (κ2) is 8.34. The van der Waals surface area contributed by atoms with Gasteiger partial charge in [-0.25, -0.2) is 0 Å². The maximum absolute atomic E-state index is 13.3. The number of nitrogens with zero attached hydrogens (tertiary/aromatic N) is 1. The molecule has 1 aromatic carbocycles. The SMILES string of the molecule is CCOc1cc(C2C3=CCC4C(=O)N(CC)C(=O)C4C3CC3=C2C(=O)C=C(Br)C3=O)ccc1O. The van der Waals surface area contributed by atoms with Crippen molar-refractivity contribution in [1.82, 2.24) is 4.90 Å². The number of Topliss-reactive ketones (excluding diaryl/α,β-unsaturated/α-hetero) is 1. The molecule has 1 saturated heterocycles. The molecule has 34 heavy (non-hydrogen) atoms. The third kappa shape index (κ3) is 3.22. The van der Waals surface area contributed by atoms with E-state index in [4.69, 9.17) is 4.74 Å². The standard InChI is InChI=1S/C26H24BrNO6/c1-3-28-25(32)14-7-6-13-15(22(14)26(28)33)10-16-23(19(30)11-17(27)24(16)31)21(13)12-5-8-18(29)20(9-12)34-4-2/h5-6,8-9,11,14-15,21-22,29H,3-4,7,10H2,1-2H3. The average Bonchev–Trinajstić information content (AvgIpc) is 3.07. The molecule has 0 spiro atoms. The highest BCUT2D eigenvalue weighted by atomic mass is 79.9. The number of phenols is 1. The Balaban J connectivity index is 1.69. The van der Waals surface area contributed by atoms with Crippen molar-refractivity contribution < 1.29 is 29.0 Å². The highest BCUT2D eigenvalue weighted by molar-refractivity contribution is 9.12. The number of phenolic OH excluding ortho intramolecular Hbond substituents is 1. The van der Waals surface area contributed by atoms with Gasteiger partial charge in [0, 0.05) is 29.7 Å². The van der Waals surface area contributed by atoms with Crippen LogP contribution in [-0.4, -0.2) is 46.5 Å². The summed E-state index contributed by atoms with van der Waals surface area (Å²) >= 11 is 3.22. The first-order valence-electron chi connectivity index (χ1n) is 11.5. The number of ether oxygens (including phenoxy) is 1. The average molecular weight is 526 g/mol. The molecule has 4 unspecified atom stereocenters. The number of carbonyl (C=O) groups is 4. The second-order valence-electron chi connectivity index (χ2n) is 8.97. The lowest BCUT2D eigenvalue weighted by atomic mass is 9.59. The van der Waals surface area contributed by atoms with Crippen LogP contribution in [0.5, 0.6) is 11.5 Å². The molecule has 0 bridgehead atoms. The third-order valence-corrected chi connectivity index (χ3v) is 7.94. The monoisotopic (exact) mass is 525 g/mol. The van der Waals surface area contributed by atoms with E-state index in [1.807, 2.05) is 6.08 Å². The Kier molecular flexibility index (Phi) is 5.59. The molecule has 1 aromatic rings. The molecule has 4 aliphatic rings. The topological polar surface area (TPSA) is 101 Å². The van der Waals surface area contributed by atoms with Gasteiger partial charge in [0.05, 0.1) is 22.9 Å². The molecule has 176 valence electrons. The Morgan fingerprint density at radius 1 is 1.12 bits per heavy atom. The molecule has 2 amide bonds. The van der Waals surface area contributed by atoms with E-state index >= 15 is 0 Å². The maximum atomic E-state index is 13.3. The van der Waals surface area contributed by atoms with Crippen molar-refractivity contribution in [2.24, 2.45) is 17.8 Å². The lowest BCUT2D eigenvalue weighted by molar-refractivity contribution is -0.139. The van der Waals surface area contributed by atoms with Gasteiger partial charge >= 0.3 is 0 Å². The van der Waals surface area contributed by atoms with Crippen molar-refractivity contribution in [1.29, 1.82) is 0 Å². The quantitative estimate of drug-likeness (QED) is 0.366. The zero-order valence-electron chi connectivity index (χ0n) is 18.8. The minimum Gasteiger partial charge on any atom is -0.504 e. The van der Waals surface area contributed by atoms with Gasteiger partial charge < -0.3 is 9.84 Å². The van der Waals surface area contributed by atoms with Crippen LogP contribution in [0.2, 0.25) is 0 Å². The smallest absolute Gasteiger partial charge is 0.233 e. The zero-order chi connectivity index (χ0) is 24.3. The predicted octanol–water partition coefficient (Wildman–Crippen LogP) is 3.57. The lowest BCUT2D eigenvalue weighted by Gasteiger charge is -2.42. The summed E-state index contributed by atoms with van der Waals surface area (Å²) in [6.07, 6.45) is 3.92. The van der Waals surface area contributed by atoms with Crippen molar-refractivity contribution in [2.45, 2.75) is 32.6 Å². The van der Waals surface area contributed by atoms with Gasteiger partial charge in [-0.15, -0.1) is 0 Å². The maximum Gasteiger partial charge on any atom is 0.233 e. The lowest BCUT2D eigenvalue weighted by Crippen LogP contribution is -2.39. The van der Waals surface area contributed by atoms with Crippen molar-refractivity contribution in [3.8, 4) is 11.5 Å². The Hall–Kier alpha value is -3.00. The van der Waals surface area contributed by atoms with Gasteiger partial charge in [-0.3, -0.25) is 24.1 Å².